The Labute approximate surface area is 122 Å². The Morgan fingerprint density at radius 3 is 2.76 bits per heavy atom. The summed E-state index contributed by atoms with van der Waals surface area (Å²) >= 11 is 0. The highest BCUT2D eigenvalue weighted by Gasteiger charge is 2.24. The number of aromatic amines is 1. The first-order valence-corrected chi connectivity index (χ1v) is 7.33. The molecule has 3 rings (SSSR count). The number of benzene rings is 1. The quantitative estimate of drug-likeness (QED) is 0.805. The van der Waals surface area contributed by atoms with Crippen LogP contribution in [0.25, 0.3) is 11.0 Å². The molecule has 112 valence electrons. The van der Waals surface area contributed by atoms with Gasteiger partial charge < -0.3 is 21.2 Å². The van der Waals surface area contributed by atoms with Crippen LogP contribution in [0.15, 0.2) is 18.2 Å². The fourth-order valence-electron chi connectivity index (χ4n) is 3.08. The summed E-state index contributed by atoms with van der Waals surface area (Å²) in [7, 11) is 0. The highest BCUT2D eigenvalue weighted by Crippen LogP contribution is 2.35. The largest absolute Gasteiger partial charge is 0.410 e. The molecule has 0 unspecified atom stereocenters. The third-order valence-corrected chi connectivity index (χ3v) is 4.27. The van der Waals surface area contributed by atoms with Gasteiger partial charge in [-0.1, -0.05) is 6.07 Å². The maximum atomic E-state index is 10.9. The van der Waals surface area contributed by atoms with Gasteiger partial charge >= 0.3 is 6.09 Å². The molecular weight excluding hydrogens is 268 g/mol. The van der Waals surface area contributed by atoms with E-state index in [2.05, 4.69) is 9.97 Å². The van der Waals surface area contributed by atoms with E-state index in [0.717, 1.165) is 43.6 Å². The number of aromatic nitrogens is 2. The lowest BCUT2D eigenvalue weighted by Gasteiger charge is -2.26. The van der Waals surface area contributed by atoms with E-state index < -0.39 is 6.09 Å². The number of nitrogens with two attached hydrogens (primary N) is 2. The average Bonchev–Trinajstić information content (AvgIpc) is 2.92. The molecule has 21 heavy (non-hydrogen) atoms. The standard InChI is InChI=1S/C15H20N4O2/c16-8-9-4-6-10(7-5-9)14-18-11-2-1-3-12(13(11)19-14)21-15(17)20/h1-3,9-10H,4-8,16H2,(H2,17,20)(H,18,19)/t9-,10-. The highest BCUT2D eigenvalue weighted by atomic mass is 16.5. The van der Waals surface area contributed by atoms with E-state index in [9.17, 15) is 4.79 Å². The van der Waals surface area contributed by atoms with E-state index in [1.54, 1.807) is 6.07 Å². The Kier molecular flexibility index (Phi) is 3.79. The Bertz CT molecular complexity index is 644. The van der Waals surface area contributed by atoms with Crippen LogP contribution in [-0.4, -0.2) is 22.6 Å². The number of ether oxygens (including phenoxy) is 1. The summed E-state index contributed by atoms with van der Waals surface area (Å²) in [5, 5.41) is 0. The van der Waals surface area contributed by atoms with Crippen molar-refractivity contribution in [1.29, 1.82) is 0 Å². The lowest BCUT2D eigenvalue weighted by Crippen LogP contribution is -2.21. The molecule has 0 atom stereocenters. The monoisotopic (exact) mass is 288 g/mol. The maximum absolute atomic E-state index is 10.9. The molecule has 1 aromatic carbocycles. The first-order chi connectivity index (χ1) is 10.2. The van der Waals surface area contributed by atoms with Crippen molar-refractivity contribution in [3.63, 3.8) is 0 Å². The van der Waals surface area contributed by atoms with Gasteiger partial charge in [-0.05, 0) is 50.3 Å². The van der Waals surface area contributed by atoms with Gasteiger partial charge in [0.25, 0.3) is 0 Å². The summed E-state index contributed by atoms with van der Waals surface area (Å²) in [6.45, 7) is 0.767. The van der Waals surface area contributed by atoms with E-state index in [1.165, 1.54) is 0 Å². The van der Waals surface area contributed by atoms with E-state index >= 15 is 0 Å². The zero-order valence-corrected chi connectivity index (χ0v) is 11.8. The Morgan fingerprint density at radius 1 is 1.33 bits per heavy atom. The molecule has 1 fully saturated rings. The molecule has 1 aliphatic carbocycles. The van der Waals surface area contributed by atoms with Gasteiger partial charge in [0, 0.05) is 5.92 Å². The van der Waals surface area contributed by atoms with Crippen molar-refractivity contribution in [2.45, 2.75) is 31.6 Å². The molecule has 1 amide bonds. The smallest absolute Gasteiger partial charge is 0.408 e. The molecule has 6 nitrogen and oxygen atoms in total. The Morgan fingerprint density at radius 2 is 2.10 bits per heavy atom. The maximum Gasteiger partial charge on any atom is 0.410 e. The second-order valence-electron chi connectivity index (χ2n) is 5.65. The van der Waals surface area contributed by atoms with Crippen molar-refractivity contribution in [3.05, 3.63) is 24.0 Å². The van der Waals surface area contributed by atoms with E-state index in [4.69, 9.17) is 16.2 Å². The molecule has 1 aromatic heterocycles. The van der Waals surface area contributed by atoms with Gasteiger partial charge in [0.15, 0.2) is 5.75 Å². The predicted octanol–water partition coefficient (Wildman–Crippen LogP) is 2.25. The Hall–Kier alpha value is -2.08. The zero-order valence-electron chi connectivity index (χ0n) is 11.8. The van der Waals surface area contributed by atoms with Crippen LogP contribution < -0.4 is 16.2 Å². The molecule has 1 aliphatic rings. The number of para-hydroxylation sites is 1. The molecule has 0 saturated heterocycles. The van der Waals surface area contributed by atoms with Gasteiger partial charge in [-0.25, -0.2) is 9.78 Å². The number of rotatable bonds is 3. The molecule has 2 aromatic rings. The molecule has 0 spiro atoms. The van der Waals surface area contributed by atoms with Crippen molar-refractivity contribution >= 4 is 17.1 Å². The van der Waals surface area contributed by atoms with Crippen molar-refractivity contribution in [1.82, 2.24) is 9.97 Å². The SMILES string of the molecule is NC[C@H]1CC[C@H](c2nc3c(OC(N)=O)cccc3[nH]2)CC1. The summed E-state index contributed by atoms with van der Waals surface area (Å²) in [6, 6.07) is 5.43. The summed E-state index contributed by atoms with van der Waals surface area (Å²) in [4.78, 5) is 18.9. The van der Waals surface area contributed by atoms with Gasteiger partial charge in [-0.2, -0.15) is 0 Å². The van der Waals surface area contributed by atoms with Crippen LogP contribution in [0, 0.1) is 5.92 Å². The minimum Gasteiger partial charge on any atom is -0.408 e. The number of H-pyrrole nitrogens is 1. The number of nitrogens with one attached hydrogen (secondary N) is 1. The molecule has 0 radical (unpaired) electrons. The number of carbonyl (C=O) groups is 1. The minimum atomic E-state index is -0.824. The van der Waals surface area contributed by atoms with Crippen LogP contribution in [-0.2, 0) is 0 Å². The van der Waals surface area contributed by atoms with Crippen molar-refractivity contribution in [2.75, 3.05) is 6.54 Å². The minimum absolute atomic E-state index is 0.401. The van der Waals surface area contributed by atoms with Crippen molar-refractivity contribution in [2.24, 2.45) is 17.4 Å². The second kappa shape index (κ2) is 5.73. The summed E-state index contributed by atoms with van der Waals surface area (Å²) in [5.41, 5.74) is 12.3. The number of imidazole rings is 1. The van der Waals surface area contributed by atoms with Crippen LogP contribution in [0.3, 0.4) is 0 Å². The summed E-state index contributed by atoms with van der Waals surface area (Å²) < 4.78 is 5.00. The van der Waals surface area contributed by atoms with Gasteiger partial charge in [-0.3, -0.25) is 0 Å². The van der Waals surface area contributed by atoms with Gasteiger partial charge in [-0.15, -0.1) is 0 Å². The number of carbonyl (C=O) groups excluding carboxylic acids is 1. The normalized spacial score (nSPS) is 22.3. The lowest BCUT2D eigenvalue weighted by molar-refractivity contribution is 0.211. The highest BCUT2D eigenvalue weighted by molar-refractivity contribution is 5.84. The molecule has 1 saturated carbocycles. The Balaban J connectivity index is 1.86. The zero-order chi connectivity index (χ0) is 14.8. The van der Waals surface area contributed by atoms with Crippen LogP contribution in [0.4, 0.5) is 4.79 Å². The average molecular weight is 288 g/mol. The van der Waals surface area contributed by atoms with Crippen LogP contribution in [0.1, 0.15) is 37.4 Å². The van der Waals surface area contributed by atoms with Crippen molar-refractivity contribution < 1.29 is 9.53 Å². The second-order valence-corrected chi connectivity index (χ2v) is 5.65. The van der Waals surface area contributed by atoms with Gasteiger partial charge in [0.2, 0.25) is 0 Å². The number of primary amides is 1. The molecular formula is C15H20N4O2. The third-order valence-electron chi connectivity index (χ3n) is 4.27. The number of hydrogen-bond donors (Lipinski definition) is 3. The lowest BCUT2D eigenvalue weighted by atomic mass is 9.82. The number of fused-ring (bicyclic) bond motifs is 1. The van der Waals surface area contributed by atoms with Gasteiger partial charge in [0.05, 0.1) is 5.52 Å². The number of hydrogen-bond acceptors (Lipinski definition) is 4. The topological polar surface area (TPSA) is 107 Å². The van der Waals surface area contributed by atoms with E-state index in [0.29, 0.717) is 23.1 Å². The third kappa shape index (κ3) is 2.85. The molecule has 0 bridgehead atoms. The first kappa shape index (κ1) is 13.9. The fourth-order valence-corrected chi connectivity index (χ4v) is 3.08. The van der Waals surface area contributed by atoms with E-state index in [-0.39, 0.29) is 0 Å². The molecule has 6 heteroatoms. The van der Waals surface area contributed by atoms with E-state index in [1.807, 2.05) is 12.1 Å². The molecule has 0 aliphatic heterocycles. The predicted molar refractivity (Wildman–Crippen MR) is 80.1 cm³/mol. The number of amides is 1. The first-order valence-electron chi connectivity index (χ1n) is 7.33. The van der Waals surface area contributed by atoms with Crippen LogP contribution in [0.5, 0.6) is 5.75 Å². The summed E-state index contributed by atoms with van der Waals surface area (Å²) in [6.07, 6.45) is 3.64. The summed E-state index contributed by atoms with van der Waals surface area (Å²) in [5.74, 6) is 2.42. The molecule has 5 N–H and O–H groups in total. The fraction of sp³-hybridized carbons (Fsp3) is 0.467. The van der Waals surface area contributed by atoms with Gasteiger partial charge in [0.1, 0.15) is 11.3 Å². The van der Waals surface area contributed by atoms with Crippen LogP contribution in [0.2, 0.25) is 0 Å². The molecule has 1 heterocycles. The van der Waals surface area contributed by atoms with Crippen LogP contribution >= 0.6 is 0 Å². The number of nitrogens with zero attached hydrogens (tertiary/aromatic N) is 1. The van der Waals surface area contributed by atoms with Crippen molar-refractivity contribution in [3.8, 4) is 5.75 Å².